The highest BCUT2D eigenvalue weighted by molar-refractivity contribution is 9.10. The predicted octanol–water partition coefficient (Wildman–Crippen LogP) is 2.54. The molecule has 2 rings (SSSR count). The van der Waals surface area contributed by atoms with E-state index in [9.17, 15) is 10.2 Å². The summed E-state index contributed by atoms with van der Waals surface area (Å²) in [6, 6.07) is 5.61. The molecular weight excluding hydrogens is 356 g/mol. The number of rotatable bonds is 4. The molecule has 0 amide bonds. The first kappa shape index (κ1) is 18.7. The highest BCUT2D eigenvalue weighted by Crippen LogP contribution is 2.42. The van der Waals surface area contributed by atoms with E-state index in [0.717, 1.165) is 36.2 Å². The lowest BCUT2D eigenvalue weighted by Crippen LogP contribution is -2.49. The summed E-state index contributed by atoms with van der Waals surface area (Å²) in [7, 11) is 0. The average Bonchev–Trinajstić information content (AvgIpc) is 2.43. The maximum absolute atomic E-state index is 10.3. The maximum Gasteiger partial charge on any atom is 0.121 e. The molecule has 0 aliphatic carbocycles. The predicted molar refractivity (Wildman–Crippen MR) is 91.1 cm³/mol. The van der Waals surface area contributed by atoms with Crippen molar-refractivity contribution in [1.29, 1.82) is 0 Å². The fraction of sp³-hybridized carbons (Fsp3) is 0.600. The number of aliphatic hydroxyl groups is 1. The van der Waals surface area contributed by atoms with Crippen LogP contribution in [0.25, 0.3) is 0 Å². The Labute approximate surface area is 141 Å². The minimum atomic E-state index is -0.317. The van der Waals surface area contributed by atoms with Crippen LogP contribution < -0.4 is 5.32 Å². The van der Waals surface area contributed by atoms with Crippen LogP contribution in [-0.4, -0.2) is 47.9 Å². The van der Waals surface area contributed by atoms with Gasteiger partial charge < -0.3 is 15.5 Å². The number of hydrogen-bond donors (Lipinski definition) is 3. The van der Waals surface area contributed by atoms with Gasteiger partial charge in [0.05, 0.1) is 0 Å². The summed E-state index contributed by atoms with van der Waals surface area (Å²) in [6.07, 6.45) is 0. The number of benzene rings is 1. The van der Waals surface area contributed by atoms with Gasteiger partial charge in [-0.15, -0.1) is 12.4 Å². The molecule has 1 atom stereocenters. The zero-order valence-electron chi connectivity index (χ0n) is 12.5. The highest BCUT2D eigenvalue weighted by Gasteiger charge is 2.37. The molecule has 1 saturated heterocycles. The van der Waals surface area contributed by atoms with Gasteiger partial charge in [-0.1, -0.05) is 35.8 Å². The minimum absolute atomic E-state index is 0. The summed E-state index contributed by atoms with van der Waals surface area (Å²) in [5.41, 5.74) is 0.567. The van der Waals surface area contributed by atoms with Crippen LogP contribution in [0.5, 0.6) is 5.75 Å². The van der Waals surface area contributed by atoms with Gasteiger partial charge >= 0.3 is 0 Å². The summed E-state index contributed by atoms with van der Waals surface area (Å²) in [5, 5.41) is 23.4. The average molecular weight is 380 g/mol. The number of nitrogens with zero attached hydrogens (tertiary/aromatic N) is 1. The van der Waals surface area contributed by atoms with Crippen molar-refractivity contribution in [2.45, 2.75) is 19.9 Å². The standard InChI is InChI=1S/C15H23BrN2O2.ClH/c1-15(2,10-19)14(18-7-5-17-6-8-18)12-4-3-11(16)9-13(12)20;/h3-4,9,14,17,19-20H,5-8,10H2,1-2H3;1H/t14-;/m0./s1. The number of aliphatic hydroxyl groups excluding tert-OH is 1. The van der Waals surface area contributed by atoms with Crippen molar-refractivity contribution in [1.82, 2.24) is 10.2 Å². The Morgan fingerprint density at radius 1 is 1.33 bits per heavy atom. The summed E-state index contributed by atoms with van der Waals surface area (Å²) < 4.78 is 0.861. The lowest BCUT2D eigenvalue weighted by molar-refractivity contribution is 0.0293. The molecule has 120 valence electrons. The molecule has 3 N–H and O–H groups in total. The van der Waals surface area contributed by atoms with E-state index in [4.69, 9.17) is 0 Å². The number of aromatic hydroxyl groups is 1. The van der Waals surface area contributed by atoms with Gasteiger partial charge in [0.1, 0.15) is 5.75 Å². The fourth-order valence-electron chi connectivity index (χ4n) is 2.89. The van der Waals surface area contributed by atoms with Crippen molar-refractivity contribution in [3.05, 3.63) is 28.2 Å². The van der Waals surface area contributed by atoms with Crippen molar-refractivity contribution < 1.29 is 10.2 Å². The topological polar surface area (TPSA) is 55.7 Å². The zero-order chi connectivity index (χ0) is 14.8. The molecule has 1 aliphatic rings. The third-order valence-electron chi connectivity index (χ3n) is 3.95. The van der Waals surface area contributed by atoms with E-state index in [2.05, 4.69) is 26.1 Å². The second kappa shape index (κ2) is 7.79. The fourth-order valence-corrected chi connectivity index (χ4v) is 3.24. The van der Waals surface area contributed by atoms with Crippen molar-refractivity contribution in [2.75, 3.05) is 32.8 Å². The molecule has 6 heteroatoms. The van der Waals surface area contributed by atoms with Crippen LogP contribution in [0, 0.1) is 5.41 Å². The minimum Gasteiger partial charge on any atom is -0.508 e. The lowest BCUT2D eigenvalue weighted by Gasteiger charge is -2.43. The molecule has 4 nitrogen and oxygen atoms in total. The Morgan fingerprint density at radius 3 is 2.48 bits per heavy atom. The van der Waals surface area contributed by atoms with Crippen molar-refractivity contribution >= 4 is 28.3 Å². The molecule has 1 fully saturated rings. The molecule has 21 heavy (non-hydrogen) atoms. The van der Waals surface area contributed by atoms with E-state index >= 15 is 0 Å². The van der Waals surface area contributed by atoms with Crippen molar-refractivity contribution in [3.8, 4) is 5.75 Å². The molecule has 1 aliphatic heterocycles. The smallest absolute Gasteiger partial charge is 0.121 e. The third kappa shape index (κ3) is 4.33. The SMILES string of the molecule is CC(C)(CO)[C@H](c1ccc(Br)cc1O)N1CCNCC1.Cl. The van der Waals surface area contributed by atoms with Gasteiger partial charge in [0.15, 0.2) is 0 Å². The van der Waals surface area contributed by atoms with Gasteiger partial charge in [-0.2, -0.15) is 0 Å². The normalized spacial score (nSPS) is 18.1. The van der Waals surface area contributed by atoms with Crippen LogP contribution in [0.4, 0.5) is 0 Å². The molecular formula is C15H24BrClN2O2. The number of piperazine rings is 1. The summed E-state index contributed by atoms with van der Waals surface area (Å²) in [6.45, 7) is 7.89. The second-order valence-electron chi connectivity index (χ2n) is 6.04. The lowest BCUT2D eigenvalue weighted by atomic mass is 9.79. The zero-order valence-corrected chi connectivity index (χ0v) is 14.9. The molecule has 0 unspecified atom stereocenters. The van der Waals surface area contributed by atoms with Crippen LogP contribution >= 0.6 is 28.3 Å². The number of phenols is 1. The monoisotopic (exact) mass is 378 g/mol. The highest BCUT2D eigenvalue weighted by atomic mass is 79.9. The van der Waals surface area contributed by atoms with Crippen LogP contribution in [0.1, 0.15) is 25.5 Å². The number of phenolic OH excluding ortho intramolecular Hbond substituents is 1. The third-order valence-corrected chi connectivity index (χ3v) is 4.44. The molecule has 0 saturated carbocycles. The number of nitrogens with one attached hydrogen (secondary N) is 1. The van der Waals surface area contributed by atoms with Gasteiger partial charge in [-0.05, 0) is 12.1 Å². The Bertz CT molecular complexity index is 465. The van der Waals surface area contributed by atoms with Gasteiger partial charge in [0.2, 0.25) is 0 Å². The Kier molecular flexibility index (Phi) is 6.94. The van der Waals surface area contributed by atoms with E-state index in [0.29, 0.717) is 0 Å². The van der Waals surface area contributed by atoms with Crippen molar-refractivity contribution in [3.63, 3.8) is 0 Å². The van der Waals surface area contributed by atoms with Gasteiger partial charge in [-0.25, -0.2) is 0 Å². The molecule has 0 radical (unpaired) electrons. The summed E-state index contributed by atoms with van der Waals surface area (Å²) in [4.78, 5) is 2.34. The summed E-state index contributed by atoms with van der Waals surface area (Å²) >= 11 is 3.38. The van der Waals surface area contributed by atoms with Crippen LogP contribution in [0.15, 0.2) is 22.7 Å². The Balaban J connectivity index is 0.00000220. The summed E-state index contributed by atoms with van der Waals surface area (Å²) in [5.74, 6) is 0.282. The largest absolute Gasteiger partial charge is 0.508 e. The number of hydrogen-bond acceptors (Lipinski definition) is 4. The van der Waals surface area contributed by atoms with E-state index in [-0.39, 0.29) is 36.2 Å². The quantitative estimate of drug-likeness (QED) is 0.752. The molecule has 1 aromatic rings. The number of halogens is 2. The molecule has 1 heterocycles. The van der Waals surface area contributed by atoms with Gasteiger partial charge in [0.25, 0.3) is 0 Å². The Morgan fingerprint density at radius 2 is 1.95 bits per heavy atom. The molecule has 0 spiro atoms. The van der Waals surface area contributed by atoms with E-state index < -0.39 is 0 Å². The molecule has 0 aromatic heterocycles. The Hall–Kier alpha value is -0.330. The second-order valence-corrected chi connectivity index (χ2v) is 6.95. The first-order valence-electron chi connectivity index (χ1n) is 7.00. The van der Waals surface area contributed by atoms with E-state index in [1.807, 2.05) is 26.0 Å². The molecule has 1 aromatic carbocycles. The van der Waals surface area contributed by atoms with Crippen molar-refractivity contribution in [2.24, 2.45) is 5.41 Å². The first-order chi connectivity index (χ1) is 9.45. The van der Waals surface area contributed by atoms with Gasteiger partial charge in [-0.3, -0.25) is 4.90 Å². The van der Waals surface area contributed by atoms with Gasteiger partial charge in [0, 0.05) is 54.3 Å². The first-order valence-corrected chi connectivity index (χ1v) is 7.79. The van der Waals surface area contributed by atoms with Crippen LogP contribution in [0.2, 0.25) is 0 Å². The van der Waals surface area contributed by atoms with Crippen LogP contribution in [0.3, 0.4) is 0 Å². The molecule has 0 bridgehead atoms. The van der Waals surface area contributed by atoms with Crippen LogP contribution in [-0.2, 0) is 0 Å². The maximum atomic E-state index is 10.3. The van der Waals surface area contributed by atoms with E-state index in [1.54, 1.807) is 6.07 Å². The van der Waals surface area contributed by atoms with E-state index in [1.165, 1.54) is 0 Å².